The van der Waals surface area contributed by atoms with Gasteiger partial charge in [0.2, 0.25) is 0 Å². The average Bonchev–Trinajstić information content (AvgIpc) is 2.57. The number of hydrogen-bond donors (Lipinski definition) is 1. The fourth-order valence-corrected chi connectivity index (χ4v) is 2.23. The third-order valence-electron chi connectivity index (χ3n) is 3.23. The molecule has 18 heavy (non-hydrogen) atoms. The summed E-state index contributed by atoms with van der Waals surface area (Å²) in [5.74, 6) is 0. The third-order valence-corrected chi connectivity index (χ3v) is 3.23. The minimum Gasteiger partial charge on any atom is -0.388 e. The Morgan fingerprint density at radius 2 is 1.50 bits per heavy atom. The molecule has 3 aromatic rings. The van der Waals surface area contributed by atoms with Gasteiger partial charge in [-0.3, -0.25) is 4.79 Å². The second-order valence-corrected chi connectivity index (χ2v) is 4.30. The molecule has 0 atom stereocenters. The zero-order valence-electron chi connectivity index (χ0n) is 10.1. The maximum Gasteiger partial charge on any atom is 0.194 e. The Kier molecular flexibility index (Phi) is 2.49. The molecule has 2 heteroatoms. The first kappa shape index (κ1) is 10.8. The predicted octanol–water partition coefficient (Wildman–Crippen LogP) is 3.39. The fourth-order valence-electron chi connectivity index (χ4n) is 2.23. The van der Waals surface area contributed by atoms with Crippen LogP contribution in [0.5, 0.6) is 0 Å². The molecule has 0 heterocycles. The lowest BCUT2D eigenvalue weighted by molar-refractivity contribution is 1.53. The summed E-state index contributed by atoms with van der Waals surface area (Å²) in [5, 5.41) is 6.53. The molecular formula is C16H13NO. The second kappa shape index (κ2) is 4.15. The lowest BCUT2D eigenvalue weighted by Gasteiger charge is -1.99. The average molecular weight is 235 g/mol. The van der Waals surface area contributed by atoms with E-state index < -0.39 is 0 Å². The van der Waals surface area contributed by atoms with Gasteiger partial charge < -0.3 is 5.32 Å². The van der Waals surface area contributed by atoms with Crippen LogP contribution in [0.4, 0.5) is 5.69 Å². The van der Waals surface area contributed by atoms with Crippen molar-refractivity contribution in [2.75, 3.05) is 12.4 Å². The molecule has 0 bridgehead atoms. The van der Waals surface area contributed by atoms with Crippen LogP contribution in [0.25, 0.3) is 21.5 Å². The first-order valence-electron chi connectivity index (χ1n) is 5.93. The summed E-state index contributed by atoms with van der Waals surface area (Å²) in [7, 11) is 1.85. The van der Waals surface area contributed by atoms with Crippen LogP contribution >= 0.6 is 0 Å². The molecule has 0 radical (unpaired) electrons. The van der Waals surface area contributed by atoms with E-state index in [-0.39, 0.29) is 5.43 Å². The Bertz CT molecular complexity index is 793. The molecule has 3 aromatic carbocycles. The van der Waals surface area contributed by atoms with E-state index in [2.05, 4.69) is 5.32 Å². The molecule has 0 aromatic heterocycles. The predicted molar refractivity (Wildman–Crippen MR) is 77.3 cm³/mol. The number of nitrogens with one attached hydrogen (secondary N) is 1. The van der Waals surface area contributed by atoms with E-state index in [0.29, 0.717) is 0 Å². The van der Waals surface area contributed by atoms with Crippen molar-refractivity contribution in [2.24, 2.45) is 0 Å². The molecule has 3 rings (SSSR count). The minimum absolute atomic E-state index is 0.0858. The van der Waals surface area contributed by atoms with Gasteiger partial charge in [-0.15, -0.1) is 0 Å². The van der Waals surface area contributed by atoms with Crippen molar-refractivity contribution >= 4 is 27.2 Å². The Morgan fingerprint density at radius 3 is 2.28 bits per heavy atom. The molecule has 0 aliphatic rings. The van der Waals surface area contributed by atoms with E-state index >= 15 is 0 Å². The normalized spacial score (nSPS) is 10.7. The van der Waals surface area contributed by atoms with Crippen LogP contribution in [-0.4, -0.2) is 7.05 Å². The van der Waals surface area contributed by atoms with Gasteiger partial charge in [-0.1, -0.05) is 42.5 Å². The number of fused-ring (bicyclic) bond motifs is 2. The second-order valence-electron chi connectivity index (χ2n) is 4.30. The van der Waals surface area contributed by atoms with Crippen LogP contribution in [-0.2, 0) is 0 Å². The molecule has 0 saturated carbocycles. The highest BCUT2D eigenvalue weighted by atomic mass is 16.1. The van der Waals surface area contributed by atoms with E-state index in [1.165, 1.54) is 0 Å². The molecule has 1 N–H and O–H groups in total. The molecule has 2 nitrogen and oxygen atoms in total. The van der Waals surface area contributed by atoms with Crippen molar-refractivity contribution in [2.45, 2.75) is 0 Å². The summed E-state index contributed by atoms with van der Waals surface area (Å²) in [6.07, 6.45) is 0. The monoisotopic (exact) mass is 235 g/mol. The van der Waals surface area contributed by atoms with Crippen molar-refractivity contribution in [3.05, 3.63) is 64.8 Å². The van der Waals surface area contributed by atoms with Crippen molar-refractivity contribution in [1.29, 1.82) is 0 Å². The van der Waals surface area contributed by atoms with Crippen LogP contribution in [0.3, 0.4) is 0 Å². The Morgan fingerprint density at radius 1 is 0.833 bits per heavy atom. The molecule has 88 valence electrons. The fraction of sp³-hybridized carbons (Fsp3) is 0.0625. The smallest absolute Gasteiger partial charge is 0.194 e. The summed E-state index contributed by atoms with van der Waals surface area (Å²) < 4.78 is 0. The quantitative estimate of drug-likeness (QED) is 0.700. The van der Waals surface area contributed by atoms with Crippen LogP contribution < -0.4 is 10.7 Å². The minimum atomic E-state index is 0.0858. The van der Waals surface area contributed by atoms with Crippen LogP contribution in [0, 0.1) is 0 Å². The van der Waals surface area contributed by atoms with Crippen LogP contribution in [0.2, 0.25) is 0 Å². The van der Waals surface area contributed by atoms with Crippen molar-refractivity contribution in [3.8, 4) is 0 Å². The van der Waals surface area contributed by atoms with E-state index in [9.17, 15) is 4.79 Å². The van der Waals surface area contributed by atoms with Gasteiger partial charge in [0.05, 0.1) is 0 Å². The van der Waals surface area contributed by atoms with Gasteiger partial charge in [0.25, 0.3) is 0 Å². The van der Waals surface area contributed by atoms with E-state index in [1.807, 2.05) is 61.6 Å². The molecule has 0 fully saturated rings. The zero-order valence-corrected chi connectivity index (χ0v) is 10.1. The molecule has 0 aliphatic heterocycles. The van der Waals surface area contributed by atoms with Gasteiger partial charge >= 0.3 is 0 Å². The van der Waals surface area contributed by atoms with Gasteiger partial charge in [-0.05, 0) is 22.9 Å². The van der Waals surface area contributed by atoms with Gasteiger partial charge in [0.15, 0.2) is 5.43 Å². The summed E-state index contributed by atoms with van der Waals surface area (Å²) in [5.41, 5.74) is 1.04. The van der Waals surface area contributed by atoms with Crippen LogP contribution in [0.1, 0.15) is 0 Å². The number of hydrogen-bond acceptors (Lipinski definition) is 2. The first-order chi connectivity index (χ1) is 8.79. The number of anilines is 1. The van der Waals surface area contributed by atoms with E-state index in [0.717, 1.165) is 27.2 Å². The SMILES string of the molecule is CNc1ccc2ccc3ccccc3c(=O)c2c1. The lowest BCUT2D eigenvalue weighted by Crippen LogP contribution is -1.99. The first-order valence-corrected chi connectivity index (χ1v) is 5.93. The lowest BCUT2D eigenvalue weighted by atomic mass is 10.1. The standard InChI is InChI=1S/C16H13NO/c1-17-13-9-8-12-7-6-11-4-2-3-5-14(11)16(18)15(12)10-13/h2-10,17H,1H3. The molecular weight excluding hydrogens is 222 g/mol. The number of rotatable bonds is 1. The van der Waals surface area contributed by atoms with Crippen molar-refractivity contribution < 1.29 is 0 Å². The third kappa shape index (κ3) is 1.63. The molecule has 0 amide bonds. The summed E-state index contributed by atoms with van der Waals surface area (Å²) in [6.45, 7) is 0. The van der Waals surface area contributed by atoms with Gasteiger partial charge in [-0.2, -0.15) is 0 Å². The highest BCUT2D eigenvalue weighted by molar-refractivity contribution is 5.94. The Labute approximate surface area is 105 Å². The van der Waals surface area contributed by atoms with E-state index in [1.54, 1.807) is 0 Å². The van der Waals surface area contributed by atoms with Crippen LogP contribution in [0.15, 0.2) is 59.4 Å². The van der Waals surface area contributed by atoms with Gasteiger partial charge in [0.1, 0.15) is 0 Å². The number of benzene rings is 2. The zero-order chi connectivity index (χ0) is 12.5. The highest BCUT2D eigenvalue weighted by Gasteiger charge is 2.02. The largest absolute Gasteiger partial charge is 0.388 e. The molecule has 0 unspecified atom stereocenters. The Balaban J connectivity index is 2.56. The molecule has 0 aliphatic carbocycles. The maximum atomic E-state index is 12.5. The highest BCUT2D eigenvalue weighted by Crippen LogP contribution is 2.18. The van der Waals surface area contributed by atoms with E-state index in [4.69, 9.17) is 0 Å². The molecule has 0 spiro atoms. The van der Waals surface area contributed by atoms with Gasteiger partial charge in [-0.25, -0.2) is 0 Å². The molecule has 0 saturated heterocycles. The topological polar surface area (TPSA) is 29.1 Å². The summed E-state index contributed by atoms with van der Waals surface area (Å²) in [6, 6.07) is 17.6. The maximum absolute atomic E-state index is 12.5. The van der Waals surface area contributed by atoms with Gasteiger partial charge in [0, 0.05) is 23.5 Å². The summed E-state index contributed by atoms with van der Waals surface area (Å²) in [4.78, 5) is 12.5. The summed E-state index contributed by atoms with van der Waals surface area (Å²) >= 11 is 0. The Hall–Kier alpha value is -2.35. The van der Waals surface area contributed by atoms with Crippen molar-refractivity contribution in [3.63, 3.8) is 0 Å². The van der Waals surface area contributed by atoms with Crippen molar-refractivity contribution in [1.82, 2.24) is 0 Å².